The van der Waals surface area contributed by atoms with Gasteiger partial charge in [-0.3, -0.25) is 4.98 Å². The molecule has 3 nitrogen and oxygen atoms in total. The molecule has 0 bridgehead atoms. The molecule has 1 heterocycles. The number of hydrogen-bond donors (Lipinski definition) is 2. The van der Waals surface area contributed by atoms with Crippen LogP contribution in [0.2, 0.25) is 0 Å². The third-order valence-electron chi connectivity index (χ3n) is 4.39. The highest BCUT2D eigenvalue weighted by Crippen LogP contribution is 2.31. The number of nitrogens with one attached hydrogen (secondary N) is 1. The molecule has 6 heteroatoms. The van der Waals surface area contributed by atoms with Crippen molar-refractivity contribution < 1.29 is 18.3 Å². The van der Waals surface area contributed by atoms with E-state index in [2.05, 4.69) is 10.3 Å². The third kappa shape index (κ3) is 4.68. The van der Waals surface area contributed by atoms with Crippen molar-refractivity contribution in [3.63, 3.8) is 0 Å². The van der Waals surface area contributed by atoms with Crippen molar-refractivity contribution in [2.24, 2.45) is 5.92 Å². The number of pyridine rings is 1. The van der Waals surface area contributed by atoms with Crippen molar-refractivity contribution in [3.8, 4) is 0 Å². The quantitative estimate of drug-likeness (QED) is 0.844. The van der Waals surface area contributed by atoms with Gasteiger partial charge in [0.05, 0.1) is 11.3 Å². The topological polar surface area (TPSA) is 45.1 Å². The van der Waals surface area contributed by atoms with Crippen LogP contribution in [0.4, 0.5) is 13.2 Å². The van der Waals surface area contributed by atoms with E-state index in [0.29, 0.717) is 12.3 Å². The zero-order valence-corrected chi connectivity index (χ0v) is 12.6. The van der Waals surface area contributed by atoms with E-state index >= 15 is 0 Å². The molecular weight excluding hydrogens is 293 g/mol. The van der Waals surface area contributed by atoms with Crippen molar-refractivity contribution in [2.75, 3.05) is 6.61 Å². The van der Waals surface area contributed by atoms with Crippen molar-refractivity contribution in [1.29, 1.82) is 0 Å². The highest BCUT2D eigenvalue weighted by atomic mass is 19.4. The van der Waals surface area contributed by atoms with Crippen LogP contribution in [0.1, 0.15) is 49.8 Å². The molecule has 2 N–H and O–H groups in total. The number of alkyl halides is 3. The number of hydrogen-bond acceptors (Lipinski definition) is 3. The Balaban J connectivity index is 2.03. The molecule has 0 aromatic carbocycles. The van der Waals surface area contributed by atoms with Gasteiger partial charge in [0, 0.05) is 25.4 Å². The number of aliphatic hydroxyl groups excluding tert-OH is 1. The van der Waals surface area contributed by atoms with Gasteiger partial charge in [0.2, 0.25) is 0 Å². The van der Waals surface area contributed by atoms with Gasteiger partial charge in [-0.25, -0.2) is 0 Å². The van der Waals surface area contributed by atoms with E-state index in [1.807, 2.05) is 0 Å². The summed E-state index contributed by atoms with van der Waals surface area (Å²) >= 11 is 0. The van der Waals surface area contributed by atoms with E-state index in [0.717, 1.165) is 31.7 Å². The highest BCUT2D eigenvalue weighted by Gasteiger charge is 2.34. The molecular formula is C16H23F3N2O. The van der Waals surface area contributed by atoms with E-state index in [1.165, 1.54) is 18.7 Å². The standard InChI is InChI=1S/C16H23F3N2O/c17-16(18,19)13-7-4-9-20-15(13)11-21-14(8-10-22)12-5-2-1-3-6-12/h4,7,9,12,14,21-22H,1-3,5-6,8,10-11H2. The van der Waals surface area contributed by atoms with Gasteiger partial charge in [-0.15, -0.1) is 0 Å². The van der Waals surface area contributed by atoms with Crippen LogP contribution in [0.15, 0.2) is 18.3 Å². The summed E-state index contributed by atoms with van der Waals surface area (Å²) in [7, 11) is 0. The second-order valence-corrected chi connectivity index (χ2v) is 5.89. The summed E-state index contributed by atoms with van der Waals surface area (Å²) in [6, 6.07) is 2.41. The van der Waals surface area contributed by atoms with Crippen LogP contribution in [-0.2, 0) is 12.7 Å². The first kappa shape index (κ1) is 17.2. The van der Waals surface area contributed by atoms with Crippen LogP contribution >= 0.6 is 0 Å². The molecule has 0 aliphatic heterocycles. The Hall–Kier alpha value is -1.14. The number of nitrogens with zero attached hydrogens (tertiary/aromatic N) is 1. The van der Waals surface area contributed by atoms with E-state index in [-0.39, 0.29) is 24.9 Å². The molecule has 1 aliphatic carbocycles. The summed E-state index contributed by atoms with van der Waals surface area (Å²) in [6.07, 6.45) is 3.26. The Morgan fingerprint density at radius 1 is 1.27 bits per heavy atom. The molecule has 0 saturated heterocycles. The molecule has 0 spiro atoms. The number of rotatable bonds is 6. The first-order chi connectivity index (χ1) is 10.5. The van der Waals surface area contributed by atoms with Gasteiger partial charge in [0.25, 0.3) is 0 Å². The monoisotopic (exact) mass is 316 g/mol. The van der Waals surface area contributed by atoms with Crippen LogP contribution in [0.5, 0.6) is 0 Å². The minimum atomic E-state index is -4.39. The fourth-order valence-electron chi connectivity index (χ4n) is 3.24. The summed E-state index contributed by atoms with van der Waals surface area (Å²) in [5.74, 6) is 0.430. The largest absolute Gasteiger partial charge is 0.418 e. The third-order valence-corrected chi connectivity index (χ3v) is 4.39. The first-order valence-electron chi connectivity index (χ1n) is 7.87. The van der Waals surface area contributed by atoms with E-state index in [9.17, 15) is 18.3 Å². The molecule has 124 valence electrons. The first-order valence-corrected chi connectivity index (χ1v) is 7.87. The molecule has 0 amide bonds. The minimum absolute atomic E-state index is 0.0220. The van der Waals surface area contributed by atoms with Crippen molar-refractivity contribution >= 4 is 0 Å². The second-order valence-electron chi connectivity index (χ2n) is 5.89. The van der Waals surface area contributed by atoms with Crippen LogP contribution in [0, 0.1) is 5.92 Å². The van der Waals surface area contributed by atoms with Crippen LogP contribution in [0.3, 0.4) is 0 Å². The van der Waals surface area contributed by atoms with Gasteiger partial charge >= 0.3 is 6.18 Å². The molecule has 1 aromatic rings. The predicted molar refractivity (Wildman–Crippen MR) is 78.1 cm³/mol. The SMILES string of the molecule is OCCC(NCc1ncccc1C(F)(F)F)C1CCCCC1. The number of aromatic nitrogens is 1. The average Bonchev–Trinajstić information content (AvgIpc) is 2.51. The lowest BCUT2D eigenvalue weighted by Crippen LogP contribution is -2.38. The van der Waals surface area contributed by atoms with Crippen molar-refractivity contribution in [1.82, 2.24) is 10.3 Å². The molecule has 1 saturated carbocycles. The zero-order valence-electron chi connectivity index (χ0n) is 12.6. The minimum Gasteiger partial charge on any atom is -0.396 e. The molecule has 1 aliphatic rings. The van der Waals surface area contributed by atoms with Gasteiger partial charge in [-0.2, -0.15) is 13.2 Å². The lowest BCUT2D eigenvalue weighted by atomic mass is 9.82. The predicted octanol–water partition coefficient (Wildman–Crippen LogP) is 3.52. The van der Waals surface area contributed by atoms with Crippen LogP contribution < -0.4 is 5.32 Å². The summed E-state index contributed by atoms with van der Waals surface area (Å²) < 4.78 is 38.9. The molecule has 0 radical (unpaired) electrons. The fourth-order valence-corrected chi connectivity index (χ4v) is 3.24. The van der Waals surface area contributed by atoms with E-state index in [1.54, 1.807) is 0 Å². The van der Waals surface area contributed by atoms with Gasteiger partial charge in [0.15, 0.2) is 0 Å². The lowest BCUT2D eigenvalue weighted by Gasteiger charge is -2.31. The molecule has 22 heavy (non-hydrogen) atoms. The molecule has 1 fully saturated rings. The smallest absolute Gasteiger partial charge is 0.396 e. The Morgan fingerprint density at radius 3 is 2.64 bits per heavy atom. The summed E-state index contributed by atoms with van der Waals surface area (Å²) in [6.45, 7) is 0.124. The maximum Gasteiger partial charge on any atom is 0.418 e. The van der Waals surface area contributed by atoms with Crippen LogP contribution in [-0.4, -0.2) is 22.7 Å². The van der Waals surface area contributed by atoms with Gasteiger partial charge in [0.1, 0.15) is 0 Å². The summed E-state index contributed by atoms with van der Waals surface area (Å²) in [4.78, 5) is 3.88. The van der Waals surface area contributed by atoms with E-state index in [4.69, 9.17) is 0 Å². The fraction of sp³-hybridized carbons (Fsp3) is 0.688. The van der Waals surface area contributed by atoms with Crippen LogP contribution in [0.25, 0.3) is 0 Å². The number of halogens is 3. The molecule has 1 atom stereocenters. The lowest BCUT2D eigenvalue weighted by molar-refractivity contribution is -0.138. The maximum absolute atomic E-state index is 13.0. The zero-order chi connectivity index (χ0) is 16.0. The molecule has 1 aromatic heterocycles. The van der Waals surface area contributed by atoms with Crippen molar-refractivity contribution in [2.45, 2.75) is 57.3 Å². The van der Waals surface area contributed by atoms with Gasteiger partial charge in [-0.1, -0.05) is 19.3 Å². The Bertz CT molecular complexity index is 459. The summed E-state index contributed by atoms with van der Waals surface area (Å²) in [5.41, 5.74) is -0.664. The average molecular weight is 316 g/mol. The molecule has 1 unspecified atom stereocenters. The Kier molecular flexibility index (Phi) is 6.20. The van der Waals surface area contributed by atoms with Gasteiger partial charge < -0.3 is 10.4 Å². The normalized spacial score (nSPS) is 18.4. The highest BCUT2D eigenvalue weighted by molar-refractivity contribution is 5.22. The Morgan fingerprint density at radius 2 is 2.00 bits per heavy atom. The van der Waals surface area contributed by atoms with Gasteiger partial charge in [-0.05, 0) is 37.3 Å². The Labute approximate surface area is 129 Å². The second kappa shape index (κ2) is 7.92. The maximum atomic E-state index is 13.0. The number of aliphatic hydroxyl groups is 1. The summed E-state index contributed by atoms with van der Waals surface area (Å²) in [5, 5.41) is 12.4. The van der Waals surface area contributed by atoms with E-state index < -0.39 is 11.7 Å². The molecule has 2 rings (SSSR count). The van der Waals surface area contributed by atoms with Crippen molar-refractivity contribution in [3.05, 3.63) is 29.6 Å².